The van der Waals surface area contributed by atoms with Crippen LogP contribution in [0.15, 0.2) is 24.4 Å². The summed E-state index contributed by atoms with van der Waals surface area (Å²) in [7, 11) is 0. The summed E-state index contributed by atoms with van der Waals surface area (Å²) in [6.45, 7) is 2.69. The fourth-order valence-corrected chi connectivity index (χ4v) is 1.99. The van der Waals surface area contributed by atoms with Crippen LogP contribution in [-0.2, 0) is 11.2 Å². The molecule has 1 amide bonds. The van der Waals surface area contributed by atoms with Gasteiger partial charge in [0.05, 0.1) is 0 Å². The van der Waals surface area contributed by atoms with Crippen molar-refractivity contribution in [2.75, 3.05) is 12.4 Å². The normalized spacial score (nSPS) is 10.7. The number of hydrogen-bond donors (Lipinski definition) is 2. The van der Waals surface area contributed by atoms with Gasteiger partial charge in [0, 0.05) is 23.6 Å². The van der Waals surface area contributed by atoms with Crippen molar-refractivity contribution in [1.82, 2.24) is 10.3 Å². The number of carbonyl (C=O) groups is 1. The van der Waals surface area contributed by atoms with Gasteiger partial charge in [0.15, 0.2) is 0 Å². The number of carbonyl (C=O) groups excluding carboxylic acids is 1. The molecule has 2 aromatic rings. The van der Waals surface area contributed by atoms with Crippen molar-refractivity contribution in [2.45, 2.75) is 13.3 Å². The summed E-state index contributed by atoms with van der Waals surface area (Å²) in [5, 5.41) is 3.98. The van der Waals surface area contributed by atoms with Crippen LogP contribution in [0.25, 0.3) is 10.9 Å². The Hall–Kier alpha value is -1.48. The smallest absolute Gasteiger partial charge is 0.234 e. The van der Waals surface area contributed by atoms with E-state index in [1.807, 2.05) is 6.20 Å². The Morgan fingerprint density at radius 2 is 2.29 bits per heavy atom. The van der Waals surface area contributed by atoms with E-state index in [-0.39, 0.29) is 11.8 Å². The standard InChI is InChI=1S/C13H15ClN2O/c1-9-2-3-11-10(8-16-12(11)6-9)4-5-15-13(17)7-14/h2-3,6,8,16H,4-5,7H2,1H3,(H,15,17). The molecule has 0 saturated heterocycles. The molecular formula is C13H15ClN2O. The molecule has 2 rings (SSSR count). The number of halogens is 1. The summed E-state index contributed by atoms with van der Waals surface area (Å²) >= 11 is 5.41. The molecule has 1 aromatic heterocycles. The predicted molar refractivity (Wildman–Crippen MR) is 70.5 cm³/mol. The molecule has 0 spiro atoms. The Balaban J connectivity index is 2.06. The molecule has 2 N–H and O–H groups in total. The zero-order chi connectivity index (χ0) is 12.3. The summed E-state index contributed by atoms with van der Waals surface area (Å²) < 4.78 is 0. The van der Waals surface area contributed by atoms with Gasteiger partial charge in [-0.2, -0.15) is 0 Å². The van der Waals surface area contributed by atoms with Gasteiger partial charge in [-0.05, 0) is 30.5 Å². The lowest BCUT2D eigenvalue weighted by Crippen LogP contribution is -2.26. The maximum absolute atomic E-state index is 11.0. The molecule has 0 unspecified atom stereocenters. The lowest BCUT2D eigenvalue weighted by Gasteiger charge is -2.02. The number of hydrogen-bond acceptors (Lipinski definition) is 1. The number of nitrogens with one attached hydrogen (secondary N) is 2. The monoisotopic (exact) mass is 250 g/mol. The number of benzene rings is 1. The Morgan fingerprint density at radius 1 is 1.47 bits per heavy atom. The van der Waals surface area contributed by atoms with E-state index < -0.39 is 0 Å². The van der Waals surface area contributed by atoms with E-state index >= 15 is 0 Å². The summed E-state index contributed by atoms with van der Waals surface area (Å²) in [5.74, 6) is -0.102. The van der Waals surface area contributed by atoms with Gasteiger partial charge in [-0.15, -0.1) is 11.6 Å². The number of aryl methyl sites for hydroxylation is 1. The van der Waals surface area contributed by atoms with Crippen molar-refractivity contribution in [3.63, 3.8) is 0 Å². The zero-order valence-electron chi connectivity index (χ0n) is 9.72. The van der Waals surface area contributed by atoms with Crippen molar-refractivity contribution in [2.24, 2.45) is 0 Å². The predicted octanol–water partition coefficient (Wildman–Crippen LogP) is 2.37. The minimum absolute atomic E-state index is 0.0209. The van der Waals surface area contributed by atoms with E-state index in [1.165, 1.54) is 16.5 Å². The Labute approximate surface area is 105 Å². The molecule has 3 nitrogen and oxygen atoms in total. The van der Waals surface area contributed by atoms with Crippen molar-refractivity contribution >= 4 is 28.4 Å². The number of aromatic amines is 1. The quantitative estimate of drug-likeness (QED) is 0.804. The largest absolute Gasteiger partial charge is 0.361 e. The second kappa shape index (κ2) is 5.23. The highest BCUT2D eigenvalue weighted by atomic mass is 35.5. The number of rotatable bonds is 4. The number of alkyl halides is 1. The first kappa shape index (κ1) is 12.0. The van der Waals surface area contributed by atoms with Crippen LogP contribution in [0.5, 0.6) is 0 Å². The van der Waals surface area contributed by atoms with Crippen molar-refractivity contribution in [1.29, 1.82) is 0 Å². The molecule has 0 atom stereocenters. The van der Waals surface area contributed by atoms with E-state index in [4.69, 9.17) is 11.6 Å². The van der Waals surface area contributed by atoms with Crippen LogP contribution in [0, 0.1) is 6.92 Å². The lowest BCUT2D eigenvalue weighted by atomic mass is 10.1. The molecule has 90 valence electrons. The fraction of sp³-hybridized carbons (Fsp3) is 0.308. The first-order valence-electron chi connectivity index (χ1n) is 5.60. The van der Waals surface area contributed by atoms with E-state index in [2.05, 4.69) is 35.4 Å². The van der Waals surface area contributed by atoms with Gasteiger partial charge >= 0.3 is 0 Å². The van der Waals surface area contributed by atoms with Gasteiger partial charge in [-0.1, -0.05) is 12.1 Å². The summed E-state index contributed by atoms with van der Waals surface area (Å²) in [6.07, 6.45) is 2.81. The molecule has 0 aliphatic rings. The number of H-pyrrole nitrogens is 1. The zero-order valence-corrected chi connectivity index (χ0v) is 10.5. The molecule has 17 heavy (non-hydrogen) atoms. The van der Waals surface area contributed by atoms with Gasteiger partial charge in [-0.3, -0.25) is 4.79 Å². The molecule has 1 heterocycles. The summed E-state index contributed by atoms with van der Waals surface area (Å²) in [6, 6.07) is 6.33. The van der Waals surface area contributed by atoms with Gasteiger partial charge < -0.3 is 10.3 Å². The van der Waals surface area contributed by atoms with Crippen LogP contribution in [0.1, 0.15) is 11.1 Å². The number of aromatic nitrogens is 1. The molecule has 0 bridgehead atoms. The van der Waals surface area contributed by atoms with Gasteiger partial charge in [0.1, 0.15) is 5.88 Å². The molecule has 0 aliphatic heterocycles. The highest BCUT2D eigenvalue weighted by molar-refractivity contribution is 6.27. The number of amides is 1. The average Bonchev–Trinajstić information content (AvgIpc) is 2.71. The second-order valence-electron chi connectivity index (χ2n) is 4.10. The highest BCUT2D eigenvalue weighted by Gasteiger charge is 2.04. The SMILES string of the molecule is Cc1ccc2c(CCNC(=O)CCl)c[nH]c2c1. The van der Waals surface area contributed by atoms with Crippen LogP contribution in [0.2, 0.25) is 0 Å². The first-order valence-corrected chi connectivity index (χ1v) is 6.13. The van der Waals surface area contributed by atoms with Crippen LogP contribution in [0.4, 0.5) is 0 Å². The van der Waals surface area contributed by atoms with Crippen LogP contribution >= 0.6 is 11.6 Å². The third-order valence-electron chi connectivity index (χ3n) is 2.76. The Kier molecular flexibility index (Phi) is 3.69. The van der Waals surface area contributed by atoms with E-state index in [9.17, 15) is 4.79 Å². The third-order valence-corrected chi connectivity index (χ3v) is 3.00. The van der Waals surface area contributed by atoms with Crippen LogP contribution in [0.3, 0.4) is 0 Å². The minimum atomic E-state index is -0.123. The van der Waals surface area contributed by atoms with Crippen LogP contribution < -0.4 is 5.32 Å². The molecule has 0 saturated carbocycles. The molecule has 0 radical (unpaired) electrons. The fourth-order valence-electron chi connectivity index (χ4n) is 1.89. The summed E-state index contributed by atoms with van der Waals surface area (Å²) in [4.78, 5) is 14.2. The molecule has 0 aliphatic carbocycles. The van der Waals surface area contributed by atoms with E-state index in [0.717, 1.165) is 11.9 Å². The van der Waals surface area contributed by atoms with Crippen molar-refractivity contribution in [3.05, 3.63) is 35.5 Å². The molecule has 0 fully saturated rings. The Bertz CT molecular complexity index is 533. The van der Waals surface area contributed by atoms with Gasteiger partial charge in [-0.25, -0.2) is 0 Å². The topological polar surface area (TPSA) is 44.9 Å². The minimum Gasteiger partial charge on any atom is -0.361 e. The second-order valence-corrected chi connectivity index (χ2v) is 4.36. The average molecular weight is 251 g/mol. The summed E-state index contributed by atoms with van der Waals surface area (Å²) in [5.41, 5.74) is 3.60. The molecular weight excluding hydrogens is 236 g/mol. The lowest BCUT2D eigenvalue weighted by molar-refractivity contribution is -0.118. The Morgan fingerprint density at radius 3 is 3.06 bits per heavy atom. The first-order chi connectivity index (χ1) is 8.20. The third kappa shape index (κ3) is 2.80. The van der Waals surface area contributed by atoms with E-state index in [1.54, 1.807) is 0 Å². The maximum Gasteiger partial charge on any atom is 0.234 e. The van der Waals surface area contributed by atoms with E-state index in [0.29, 0.717) is 6.54 Å². The molecule has 1 aromatic carbocycles. The highest BCUT2D eigenvalue weighted by Crippen LogP contribution is 2.19. The van der Waals surface area contributed by atoms with Gasteiger partial charge in [0.25, 0.3) is 0 Å². The number of fused-ring (bicyclic) bond motifs is 1. The van der Waals surface area contributed by atoms with Crippen LogP contribution in [-0.4, -0.2) is 23.3 Å². The van der Waals surface area contributed by atoms with Gasteiger partial charge in [0.2, 0.25) is 5.91 Å². The van der Waals surface area contributed by atoms with Crippen molar-refractivity contribution in [3.8, 4) is 0 Å². The van der Waals surface area contributed by atoms with Crippen molar-refractivity contribution < 1.29 is 4.79 Å². The molecule has 4 heteroatoms. The maximum atomic E-state index is 11.0.